The number of aliphatic hydroxyl groups excluding tert-OH is 1. The van der Waals surface area contributed by atoms with Gasteiger partial charge in [-0.3, -0.25) is 0 Å². The van der Waals surface area contributed by atoms with Crippen LogP contribution in [0.5, 0.6) is 0 Å². The number of aliphatic hydroxyl groups is 1. The molecule has 0 saturated carbocycles. The van der Waals surface area contributed by atoms with Crippen molar-refractivity contribution >= 4 is 0 Å². The Kier molecular flexibility index (Phi) is 1.69. The van der Waals surface area contributed by atoms with Crippen molar-refractivity contribution in [3.63, 3.8) is 0 Å². The minimum absolute atomic E-state index is 0.0741. The van der Waals surface area contributed by atoms with Gasteiger partial charge in [0.1, 0.15) is 0 Å². The zero-order valence-electron chi connectivity index (χ0n) is 5.17. The average Bonchev–Trinajstić information content (AvgIpc) is 1.64. The molecule has 1 aliphatic carbocycles. The van der Waals surface area contributed by atoms with Gasteiger partial charge in [0.2, 0.25) is 0 Å². The molecule has 0 aliphatic heterocycles. The molecular weight excluding hydrogens is 100 g/mol. The first-order valence-corrected chi connectivity index (χ1v) is 3.14. The summed E-state index contributed by atoms with van der Waals surface area (Å²) in [6.07, 6.45) is 5.93. The van der Waals surface area contributed by atoms with Crippen molar-refractivity contribution in [3.8, 4) is 0 Å². The third kappa shape index (κ3) is 1.34. The third-order valence-electron chi connectivity index (χ3n) is 1.52. The fraction of sp³-hybridized carbons (Fsp3) is 0.714. The monoisotopic (exact) mass is 112 g/mol. The number of hydrogen-bond donors (Lipinski definition) is 1. The molecular formula is C7H12O. The fourth-order valence-corrected chi connectivity index (χ4v) is 1.07. The third-order valence-corrected chi connectivity index (χ3v) is 1.52. The molecule has 0 aromatic carbocycles. The lowest BCUT2D eigenvalue weighted by Gasteiger charge is -2.15. The first-order valence-electron chi connectivity index (χ1n) is 3.14. The van der Waals surface area contributed by atoms with Crippen molar-refractivity contribution in [1.29, 1.82) is 0 Å². The predicted octanol–water partition coefficient (Wildman–Crippen LogP) is 1.33. The molecule has 1 N–H and O–H groups in total. The van der Waals surface area contributed by atoms with E-state index in [2.05, 4.69) is 19.1 Å². The molecule has 0 heterocycles. The first kappa shape index (κ1) is 5.83. The van der Waals surface area contributed by atoms with E-state index in [0.29, 0.717) is 5.92 Å². The lowest BCUT2D eigenvalue weighted by Crippen LogP contribution is -2.12. The SMILES string of the molecule is CC1C=CC[C@@H](O)C1. The Morgan fingerprint density at radius 3 is 2.75 bits per heavy atom. The Hall–Kier alpha value is -0.300. The highest BCUT2D eigenvalue weighted by molar-refractivity contribution is 4.94. The molecule has 46 valence electrons. The van der Waals surface area contributed by atoms with Crippen LogP contribution in [0.4, 0.5) is 0 Å². The summed E-state index contributed by atoms with van der Waals surface area (Å²) >= 11 is 0. The van der Waals surface area contributed by atoms with E-state index in [4.69, 9.17) is 5.11 Å². The van der Waals surface area contributed by atoms with Crippen LogP contribution in [-0.4, -0.2) is 11.2 Å². The van der Waals surface area contributed by atoms with Gasteiger partial charge < -0.3 is 5.11 Å². The molecule has 0 amide bonds. The van der Waals surface area contributed by atoms with Crippen LogP contribution in [0.2, 0.25) is 0 Å². The maximum absolute atomic E-state index is 9.03. The number of allylic oxidation sites excluding steroid dienone is 1. The smallest absolute Gasteiger partial charge is 0.0580 e. The van der Waals surface area contributed by atoms with E-state index < -0.39 is 0 Å². The van der Waals surface area contributed by atoms with Crippen molar-refractivity contribution in [2.45, 2.75) is 25.9 Å². The van der Waals surface area contributed by atoms with Crippen LogP contribution < -0.4 is 0 Å². The first-order chi connectivity index (χ1) is 3.79. The molecule has 8 heavy (non-hydrogen) atoms. The van der Waals surface area contributed by atoms with Crippen LogP contribution in [-0.2, 0) is 0 Å². The van der Waals surface area contributed by atoms with E-state index in [1.807, 2.05) is 0 Å². The van der Waals surface area contributed by atoms with Gasteiger partial charge in [-0.2, -0.15) is 0 Å². The van der Waals surface area contributed by atoms with E-state index in [0.717, 1.165) is 12.8 Å². The van der Waals surface area contributed by atoms with Crippen LogP contribution in [0, 0.1) is 5.92 Å². The molecule has 0 radical (unpaired) electrons. The van der Waals surface area contributed by atoms with Crippen molar-refractivity contribution in [2.24, 2.45) is 5.92 Å². The summed E-state index contributed by atoms with van der Waals surface area (Å²) in [7, 11) is 0. The fourth-order valence-electron chi connectivity index (χ4n) is 1.07. The van der Waals surface area contributed by atoms with Gasteiger partial charge in [0, 0.05) is 0 Å². The lowest BCUT2D eigenvalue weighted by atomic mass is 9.96. The summed E-state index contributed by atoms with van der Waals surface area (Å²) in [5, 5.41) is 9.03. The maximum Gasteiger partial charge on any atom is 0.0580 e. The molecule has 0 spiro atoms. The summed E-state index contributed by atoms with van der Waals surface area (Å²) in [4.78, 5) is 0. The second-order valence-electron chi connectivity index (χ2n) is 2.53. The Morgan fingerprint density at radius 1 is 1.62 bits per heavy atom. The standard InChI is InChI=1S/C7H12O/c1-6-3-2-4-7(8)5-6/h2-3,6-8H,4-5H2,1H3/t6?,7-/m1/s1. The van der Waals surface area contributed by atoms with E-state index in [-0.39, 0.29) is 6.10 Å². The Balaban J connectivity index is 2.42. The highest BCUT2D eigenvalue weighted by Gasteiger charge is 2.09. The van der Waals surface area contributed by atoms with Gasteiger partial charge in [0.15, 0.2) is 0 Å². The molecule has 1 rings (SSSR count). The highest BCUT2D eigenvalue weighted by atomic mass is 16.3. The van der Waals surface area contributed by atoms with Crippen molar-refractivity contribution in [3.05, 3.63) is 12.2 Å². The molecule has 1 unspecified atom stereocenters. The van der Waals surface area contributed by atoms with Gasteiger partial charge in [0.05, 0.1) is 6.10 Å². The van der Waals surface area contributed by atoms with E-state index >= 15 is 0 Å². The molecule has 0 saturated heterocycles. The molecule has 0 aromatic rings. The molecule has 0 aromatic heterocycles. The highest BCUT2D eigenvalue weighted by Crippen LogP contribution is 2.15. The second kappa shape index (κ2) is 2.31. The Bertz CT molecular complexity index is 96.6. The Labute approximate surface area is 50.0 Å². The zero-order valence-corrected chi connectivity index (χ0v) is 5.17. The molecule has 1 aliphatic rings. The number of hydrogen-bond acceptors (Lipinski definition) is 1. The van der Waals surface area contributed by atoms with Gasteiger partial charge in [-0.1, -0.05) is 19.1 Å². The van der Waals surface area contributed by atoms with Crippen LogP contribution in [0.1, 0.15) is 19.8 Å². The topological polar surface area (TPSA) is 20.2 Å². The minimum Gasteiger partial charge on any atom is -0.393 e. The summed E-state index contributed by atoms with van der Waals surface area (Å²) in [6, 6.07) is 0. The zero-order chi connectivity index (χ0) is 5.98. The van der Waals surface area contributed by atoms with Crippen LogP contribution in [0.15, 0.2) is 12.2 Å². The van der Waals surface area contributed by atoms with Crippen molar-refractivity contribution in [2.75, 3.05) is 0 Å². The summed E-state index contributed by atoms with van der Waals surface area (Å²) in [5.74, 6) is 0.582. The maximum atomic E-state index is 9.03. The van der Waals surface area contributed by atoms with Crippen LogP contribution >= 0.6 is 0 Å². The summed E-state index contributed by atoms with van der Waals surface area (Å²) in [6.45, 7) is 2.12. The van der Waals surface area contributed by atoms with Crippen molar-refractivity contribution < 1.29 is 5.11 Å². The average molecular weight is 112 g/mol. The van der Waals surface area contributed by atoms with Crippen LogP contribution in [0.25, 0.3) is 0 Å². The second-order valence-corrected chi connectivity index (χ2v) is 2.53. The van der Waals surface area contributed by atoms with Crippen LogP contribution in [0.3, 0.4) is 0 Å². The molecule has 2 atom stereocenters. The Morgan fingerprint density at radius 2 is 2.38 bits per heavy atom. The molecule has 1 heteroatoms. The molecule has 0 fully saturated rings. The summed E-state index contributed by atoms with van der Waals surface area (Å²) in [5.41, 5.74) is 0. The molecule has 1 nitrogen and oxygen atoms in total. The molecule has 0 bridgehead atoms. The van der Waals surface area contributed by atoms with Gasteiger partial charge >= 0.3 is 0 Å². The van der Waals surface area contributed by atoms with E-state index in [1.54, 1.807) is 0 Å². The normalized spacial score (nSPS) is 37.8. The quantitative estimate of drug-likeness (QED) is 0.469. The van der Waals surface area contributed by atoms with E-state index in [1.165, 1.54) is 0 Å². The summed E-state index contributed by atoms with van der Waals surface area (Å²) < 4.78 is 0. The largest absolute Gasteiger partial charge is 0.393 e. The van der Waals surface area contributed by atoms with E-state index in [9.17, 15) is 0 Å². The van der Waals surface area contributed by atoms with Gasteiger partial charge in [-0.15, -0.1) is 0 Å². The van der Waals surface area contributed by atoms with Gasteiger partial charge in [-0.05, 0) is 18.8 Å². The lowest BCUT2D eigenvalue weighted by molar-refractivity contribution is 0.150. The van der Waals surface area contributed by atoms with Crippen molar-refractivity contribution in [1.82, 2.24) is 0 Å². The number of rotatable bonds is 0. The minimum atomic E-state index is -0.0741. The van der Waals surface area contributed by atoms with Gasteiger partial charge in [0.25, 0.3) is 0 Å². The predicted molar refractivity (Wildman–Crippen MR) is 33.5 cm³/mol. The van der Waals surface area contributed by atoms with Gasteiger partial charge in [-0.25, -0.2) is 0 Å².